The highest BCUT2D eigenvalue weighted by Gasteiger charge is 2.47. The van der Waals surface area contributed by atoms with Crippen molar-refractivity contribution in [2.45, 2.75) is 5.92 Å². The minimum atomic E-state index is -4.19. The van der Waals surface area contributed by atoms with Crippen LogP contribution < -0.4 is 0 Å². The van der Waals surface area contributed by atoms with Gasteiger partial charge in [0.2, 0.25) is 5.69 Å². The van der Waals surface area contributed by atoms with E-state index in [2.05, 4.69) is 4.98 Å². The molecule has 6 nitrogen and oxygen atoms in total. The van der Waals surface area contributed by atoms with Gasteiger partial charge in [0.1, 0.15) is 0 Å². The number of carboxylic acid groups (broad SMARTS) is 1. The summed E-state index contributed by atoms with van der Waals surface area (Å²) in [4.78, 5) is 22.0. The van der Waals surface area contributed by atoms with E-state index in [0.717, 1.165) is 0 Å². The molecule has 0 aromatic carbocycles. The molecular weight excluding hydrogens is 222 g/mol. The van der Waals surface area contributed by atoms with Crippen LogP contribution in [0.15, 0.2) is 5.38 Å². The Bertz CT molecular complexity index is 391. The van der Waals surface area contributed by atoms with Crippen LogP contribution in [-0.2, 0) is 10.7 Å². The minimum Gasteiger partial charge on any atom is -0.476 e. The maximum atomic E-state index is 12.7. The second-order valence-electron chi connectivity index (χ2n) is 2.15. The van der Waals surface area contributed by atoms with Crippen LogP contribution in [0.3, 0.4) is 0 Å². The first-order chi connectivity index (χ1) is 6.35. The third kappa shape index (κ3) is 1.66. The summed E-state index contributed by atoms with van der Waals surface area (Å²) in [6.45, 7) is 0. The van der Waals surface area contributed by atoms with E-state index in [-0.39, 0.29) is 0 Å². The van der Waals surface area contributed by atoms with Gasteiger partial charge in [-0.05, 0) is 21.2 Å². The molecule has 0 aliphatic heterocycles. The number of hydrogen-bond donors (Lipinski definition) is 1. The molecule has 0 atom stereocenters. The van der Waals surface area contributed by atoms with Crippen LogP contribution in [0.1, 0.15) is 5.69 Å². The monoisotopic (exact) mass is 224 g/mol. The van der Waals surface area contributed by atoms with Crippen molar-refractivity contribution >= 4 is 22.4 Å². The van der Waals surface area contributed by atoms with Gasteiger partial charge in [-0.3, -0.25) is 0 Å². The fraction of sp³-hybridized carbons (Fsp3) is 0.200. The van der Waals surface area contributed by atoms with Gasteiger partial charge in [0.15, 0.2) is 0 Å². The van der Waals surface area contributed by atoms with Gasteiger partial charge >= 0.3 is 17.0 Å². The Morgan fingerprint density at radius 1 is 1.71 bits per heavy atom. The van der Waals surface area contributed by atoms with Crippen molar-refractivity contribution in [3.05, 3.63) is 21.2 Å². The van der Waals surface area contributed by atoms with Gasteiger partial charge in [-0.25, -0.2) is 4.79 Å². The van der Waals surface area contributed by atoms with Crippen molar-refractivity contribution in [3.63, 3.8) is 0 Å². The fourth-order valence-corrected chi connectivity index (χ4v) is 1.26. The van der Waals surface area contributed by atoms with E-state index in [4.69, 9.17) is 5.11 Å². The third-order valence-electron chi connectivity index (χ3n) is 1.24. The third-order valence-corrected chi connectivity index (χ3v) is 2.03. The Hall–Kier alpha value is -1.64. The predicted molar refractivity (Wildman–Crippen MR) is 40.3 cm³/mol. The summed E-state index contributed by atoms with van der Waals surface area (Å²) in [5.41, 5.74) is -1.12. The second kappa shape index (κ2) is 3.25. The van der Waals surface area contributed by atoms with Crippen molar-refractivity contribution < 1.29 is 23.6 Å². The van der Waals surface area contributed by atoms with Crippen molar-refractivity contribution in [2.24, 2.45) is 0 Å². The zero-order valence-electron chi connectivity index (χ0n) is 6.31. The number of thiazole rings is 1. The maximum Gasteiger partial charge on any atom is 0.423 e. The van der Waals surface area contributed by atoms with Gasteiger partial charge in [-0.2, -0.15) is 8.78 Å². The van der Waals surface area contributed by atoms with Crippen molar-refractivity contribution in [3.8, 4) is 0 Å². The van der Waals surface area contributed by atoms with Crippen LogP contribution in [0.5, 0.6) is 0 Å². The summed E-state index contributed by atoms with van der Waals surface area (Å²) in [5.74, 6) is -6.58. The quantitative estimate of drug-likeness (QED) is 0.615. The number of alkyl halides is 2. The van der Waals surface area contributed by atoms with E-state index in [0.29, 0.717) is 16.7 Å². The summed E-state index contributed by atoms with van der Waals surface area (Å²) in [7, 11) is 0. The molecule has 76 valence electrons. The van der Waals surface area contributed by atoms with E-state index in [9.17, 15) is 23.7 Å². The Kier molecular flexibility index (Phi) is 2.43. The molecule has 0 bridgehead atoms. The maximum absolute atomic E-state index is 12.7. The molecule has 0 amide bonds. The van der Waals surface area contributed by atoms with E-state index in [1.807, 2.05) is 0 Å². The number of nitrogens with zero attached hydrogens (tertiary/aromatic N) is 2. The van der Waals surface area contributed by atoms with Crippen LogP contribution in [-0.4, -0.2) is 21.0 Å². The first kappa shape index (κ1) is 10.4. The lowest BCUT2D eigenvalue weighted by Gasteiger charge is -2.02. The molecular formula is C5H2F2N2O4S. The molecule has 0 saturated carbocycles. The van der Waals surface area contributed by atoms with E-state index in [1.54, 1.807) is 0 Å². The van der Waals surface area contributed by atoms with Gasteiger partial charge in [0.25, 0.3) is 0 Å². The van der Waals surface area contributed by atoms with E-state index >= 15 is 0 Å². The normalized spacial score (nSPS) is 11.3. The standard InChI is InChI=1S/C5H2F2N2O4S/c6-5(7,3(10)11)2-1-14-4(8-2)9(12)13/h1H,(H,10,11). The predicted octanol–water partition coefficient (Wildman–Crippen LogP) is 1.23. The smallest absolute Gasteiger partial charge is 0.423 e. The van der Waals surface area contributed by atoms with Crippen LogP contribution in [0.4, 0.5) is 13.9 Å². The molecule has 0 radical (unpaired) electrons. The molecule has 0 unspecified atom stereocenters. The average Bonchev–Trinajstić information content (AvgIpc) is 2.51. The number of hydrogen-bond acceptors (Lipinski definition) is 5. The molecule has 0 fully saturated rings. The van der Waals surface area contributed by atoms with Gasteiger partial charge in [-0.15, -0.1) is 0 Å². The first-order valence-corrected chi connectivity index (χ1v) is 3.95. The average molecular weight is 224 g/mol. The first-order valence-electron chi connectivity index (χ1n) is 3.07. The van der Waals surface area contributed by atoms with Crippen LogP contribution in [0.25, 0.3) is 0 Å². The van der Waals surface area contributed by atoms with Crippen LogP contribution in [0, 0.1) is 10.1 Å². The molecule has 9 heteroatoms. The molecule has 0 saturated heterocycles. The Balaban J connectivity index is 3.09. The van der Waals surface area contributed by atoms with Crippen LogP contribution in [0.2, 0.25) is 0 Å². The molecule has 0 aliphatic carbocycles. The topological polar surface area (TPSA) is 93.3 Å². The summed E-state index contributed by atoms with van der Waals surface area (Å²) >= 11 is 0.348. The van der Waals surface area contributed by atoms with Crippen LogP contribution >= 0.6 is 11.3 Å². The molecule has 1 N–H and O–H groups in total. The highest BCUT2D eigenvalue weighted by atomic mass is 32.1. The van der Waals surface area contributed by atoms with Crippen molar-refractivity contribution in [1.82, 2.24) is 4.98 Å². The SMILES string of the molecule is O=C(O)C(F)(F)c1csc([N+](=O)[O-])n1. The molecule has 0 aliphatic rings. The summed E-state index contributed by atoms with van der Waals surface area (Å²) in [6.07, 6.45) is 0. The zero-order chi connectivity index (χ0) is 10.9. The fourth-order valence-electron chi connectivity index (χ4n) is 0.602. The number of carboxylic acids is 1. The summed E-state index contributed by atoms with van der Waals surface area (Å²) in [5, 5.41) is 18.0. The highest BCUT2D eigenvalue weighted by Crippen LogP contribution is 2.31. The number of rotatable bonds is 3. The lowest BCUT2D eigenvalue weighted by molar-refractivity contribution is -0.384. The number of nitro groups is 1. The molecule has 0 spiro atoms. The van der Waals surface area contributed by atoms with E-state index < -0.39 is 27.6 Å². The highest BCUT2D eigenvalue weighted by molar-refractivity contribution is 7.12. The Morgan fingerprint density at radius 3 is 2.64 bits per heavy atom. The van der Waals surface area contributed by atoms with E-state index in [1.165, 1.54) is 0 Å². The molecule has 14 heavy (non-hydrogen) atoms. The van der Waals surface area contributed by atoms with Crippen molar-refractivity contribution in [1.29, 1.82) is 0 Å². The number of aliphatic carboxylic acids is 1. The van der Waals surface area contributed by atoms with Crippen molar-refractivity contribution in [2.75, 3.05) is 0 Å². The lowest BCUT2D eigenvalue weighted by atomic mass is 10.3. The summed E-state index contributed by atoms with van der Waals surface area (Å²) in [6, 6.07) is 0. The molecule has 1 aromatic rings. The molecule has 1 heterocycles. The van der Waals surface area contributed by atoms with Gasteiger partial charge < -0.3 is 15.2 Å². The number of halogens is 2. The largest absolute Gasteiger partial charge is 0.476 e. The Morgan fingerprint density at radius 2 is 2.29 bits per heavy atom. The second-order valence-corrected chi connectivity index (χ2v) is 2.99. The van der Waals surface area contributed by atoms with Gasteiger partial charge in [0.05, 0.1) is 5.38 Å². The summed E-state index contributed by atoms with van der Waals surface area (Å²) < 4.78 is 25.4. The molecule has 1 aromatic heterocycles. The lowest BCUT2D eigenvalue weighted by Crippen LogP contribution is -2.25. The van der Waals surface area contributed by atoms with Gasteiger partial charge in [-0.1, -0.05) is 0 Å². The minimum absolute atomic E-state index is 0.348. The number of carbonyl (C=O) groups is 1. The zero-order valence-corrected chi connectivity index (χ0v) is 7.12. The molecule has 1 rings (SSSR count). The Labute approximate surface area is 79.0 Å². The number of aromatic nitrogens is 1. The van der Waals surface area contributed by atoms with Gasteiger partial charge in [0, 0.05) is 0 Å².